The lowest BCUT2D eigenvalue weighted by molar-refractivity contribution is 0.573. The van der Waals surface area contributed by atoms with Crippen LogP contribution in [0, 0.1) is 0 Å². The summed E-state index contributed by atoms with van der Waals surface area (Å²) in [5.41, 5.74) is 3.85. The molecule has 1 saturated heterocycles. The maximum absolute atomic E-state index is 4.68. The zero-order valence-corrected chi connectivity index (χ0v) is 13.0. The van der Waals surface area contributed by atoms with Gasteiger partial charge in [0.25, 0.3) is 0 Å². The lowest BCUT2D eigenvalue weighted by Crippen LogP contribution is -2.29. The maximum Gasteiger partial charge on any atom is 0.128 e. The van der Waals surface area contributed by atoms with E-state index in [-0.39, 0.29) is 0 Å². The maximum atomic E-state index is 4.68. The summed E-state index contributed by atoms with van der Waals surface area (Å²) in [6.45, 7) is 6.76. The van der Waals surface area contributed by atoms with Gasteiger partial charge in [-0.1, -0.05) is 38.1 Å². The molecule has 1 aromatic carbocycles. The molecule has 0 unspecified atom stereocenters. The molecule has 2 nitrogen and oxygen atoms in total. The molecule has 0 aliphatic carbocycles. The van der Waals surface area contributed by atoms with Crippen molar-refractivity contribution < 1.29 is 0 Å². The second-order valence-electron chi connectivity index (χ2n) is 6.23. The standard InChI is InChI=1S/C19H24N2/c1-15(2)16-7-6-8-17(13-16)18-9-10-19(20-14-18)21-11-4-3-5-12-21/h6-10,13-15H,3-5,11-12H2,1-2H3. The Morgan fingerprint density at radius 1 is 0.952 bits per heavy atom. The third-order valence-corrected chi connectivity index (χ3v) is 4.31. The monoisotopic (exact) mass is 280 g/mol. The second-order valence-corrected chi connectivity index (χ2v) is 6.23. The van der Waals surface area contributed by atoms with Crippen LogP contribution in [0.25, 0.3) is 11.1 Å². The van der Waals surface area contributed by atoms with Crippen LogP contribution in [0.3, 0.4) is 0 Å². The highest BCUT2D eigenvalue weighted by molar-refractivity contribution is 5.64. The third-order valence-electron chi connectivity index (χ3n) is 4.31. The van der Waals surface area contributed by atoms with E-state index < -0.39 is 0 Å². The number of anilines is 1. The Labute approximate surface area is 127 Å². The molecule has 1 aliphatic rings. The molecule has 0 spiro atoms. The van der Waals surface area contributed by atoms with E-state index in [2.05, 4.69) is 60.1 Å². The highest BCUT2D eigenvalue weighted by Crippen LogP contribution is 2.25. The fourth-order valence-electron chi connectivity index (χ4n) is 2.94. The summed E-state index contributed by atoms with van der Waals surface area (Å²) in [6.07, 6.45) is 5.96. The average molecular weight is 280 g/mol. The van der Waals surface area contributed by atoms with Crippen LogP contribution in [0.1, 0.15) is 44.6 Å². The number of hydrogen-bond donors (Lipinski definition) is 0. The Morgan fingerprint density at radius 3 is 2.43 bits per heavy atom. The van der Waals surface area contributed by atoms with Gasteiger partial charge in [-0.3, -0.25) is 0 Å². The zero-order chi connectivity index (χ0) is 14.7. The summed E-state index contributed by atoms with van der Waals surface area (Å²) in [5.74, 6) is 1.68. The van der Waals surface area contributed by atoms with E-state index in [9.17, 15) is 0 Å². The van der Waals surface area contributed by atoms with E-state index in [0.717, 1.165) is 18.9 Å². The molecular formula is C19H24N2. The van der Waals surface area contributed by atoms with E-state index in [0.29, 0.717) is 5.92 Å². The second kappa shape index (κ2) is 6.30. The molecule has 0 radical (unpaired) electrons. The van der Waals surface area contributed by atoms with Crippen molar-refractivity contribution in [2.24, 2.45) is 0 Å². The largest absolute Gasteiger partial charge is 0.357 e. The van der Waals surface area contributed by atoms with Gasteiger partial charge in [0, 0.05) is 24.8 Å². The first-order valence-corrected chi connectivity index (χ1v) is 8.05. The summed E-state index contributed by atoms with van der Waals surface area (Å²) < 4.78 is 0. The van der Waals surface area contributed by atoms with Gasteiger partial charge in [-0.25, -0.2) is 4.98 Å². The fourth-order valence-corrected chi connectivity index (χ4v) is 2.94. The van der Waals surface area contributed by atoms with E-state index in [1.165, 1.54) is 36.0 Å². The van der Waals surface area contributed by atoms with Crippen molar-refractivity contribution in [2.75, 3.05) is 18.0 Å². The minimum Gasteiger partial charge on any atom is -0.357 e. The molecule has 0 saturated carbocycles. The first-order valence-electron chi connectivity index (χ1n) is 8.05. The number of piperidine rings is 1. The zero-order valence-electron chi connectivity index (χ0n) is 13.0. The van der Waals surface area contributed by atoms with E-state index >= 15 is 0 Å². The van der Waals surface area contributed by atoms with Crippen molar-refractivity contribution in [3.05, 3.63) is 48.2 Å². The lowest BCUT2D eigenvalue weighted by Gasteiger charge is -2.27. The van der Waals surface area contributed by atoms with Crippen LogP contribution in [0.2, 0.25) is 0 Å². The Balaban J connectivity index is 1.81. The molecule has 2 heterocycles. The van der Waals surface area contributed by atoms with Gasteiger partial charge in [0.15, 0.2) is 0 Å². The van der Waals surface area contributed by atoms with Crippen molar-refractivity contribution in [1.29, 1.82) is 0 Å². The van der Waals surface area contributed by atoms with Crippen molar-refractivity contribution in [3.63, 3.8) is 0 Å². The molecule has 0 bridgehead atoms. The quantitative estimate of drug-likeness (QED) is 0.798. The van der Waals surface area contributed by atoms with Gasteiger partial charge < -0.3 is 4.90 Å². The molecule has 0 atom stereocenters. The Hall–Kier alpha value is -1.83. The summed E-state index contributed by atoms with van der Waals surface area (Å²) >= 11 is 0. The van der Waals surface area contributed by atoms with Crippen molar-refractivity contribution in [3.8, 4) is 11.1 Å². The van der Waals surface area contributed by atoms with Gasteiger partial charge in [-0.15, -0.1) is 0 Å². The Kier molecular flexibility index (Phi) is 4.23. The van der Waals surface area contributed by atoms with Crippen molar-refractivity contribution in [1.82, 2.24) is 4.98 Å². The highest BCUT2D eigenvalue weighted by atomic mass is 15.2. The molecule has 2 aromatic rings. The minimum atomic E-state index is 0.561. The lowest BCUT2D eigenvalue weighted by atomic mass is 9.98. The van der Waals surface area contributed by atoms with Crippen molar-refractivity contribution in [2.45, 2.75) is 39.0 Å². The van der Waals surface area contributed by atoms with Crippen LogP contribution in [0.4, 0.5) is 5.82 Å². The normalized spacial score (nSPS) is 15.5. The number of benzene rings is 1. The van der Waals surface area contributed by atoms with Crippen LogP contribution < -0.4 is 4.90 Å². The van der Waals surface area contributed by atoms with E-state index in [1.807, 2.05) is 6.20 Å². The van der Waals surface area contributed by atoms with Gasteiger partial charge in [0.1, 0.15) is 5.82 Å². The Bertz CT molecular complexity index is 581. The SMILES string of the molecule is CC(C)c1cccc(-c2ccc(N3CCCCC3)nc2)c1. The predicted molar refractivity (Wildman–Crippen MR) is 89.8 cm³/mol. The number of rotatable bonds is 3. The van der Waals surface area contributed by atoms with Crippen LogP contribution in [-0.2, 0) is 0 Å². The number of nitrogens with zero attached hydrogens (tertiary/aromatic N) is 2. The molecule has 1 aliphatic heterocycles. The fraction of sp³-hybridized carbons (Fsp3) is 0.421. The Morgan fingerprint density at radius 2 is 1.76 bits per heavy atom. The number of hydrogen-bond acceptors (Lipinski definition) is 2. The third kappa shape index (κ3) is 3.26. The van der Waals surface area contributed by atoms with Crippen LogP contribution in [0.15, 0.2) is 42.6 Å². The first-order chi connectivity index (χ1) is 10.2. The molecule has 1 fully saturated rings. The molecule has 0 amide bonds. The highest BCUT2D eigenvalue weighted by Gasteiger charge is 2.12. The number of pyridine rings is 1. The summed E-state index contributed by atoms with van der Waals surface area (Å²) in [7, 11) is 0. The summed E-state index contributed by atoms with van der Waals surface area (Å²) in [6, 6.07) is 13.2. The average Bonchev–Trinajstić information content (AvgIpc) is 2.56. The summed E-state index contributed by atoms with van der Waals surface area (Å²) in [4.78, 5) is 7.08. The predicted octanol–water partition coefficient (Wildman–Crippen LogP) is 4.86. The van der Waals surface area contributed by atoms with Crippen LogP contribution in [0.5, 0.6) is 0 Å². The van der Waals surface area contributed by atoms with E-state index in [4.69, 9.17) is 0 Å². The smallest absolute Gasteiger partial charge is 0.128 e. The minimum absolute atomic E-state index is 0.561. The van der Waals surface area contributed by atoms with Gasteiger partial charge in [0.2, 0.25) is 0 Å². The number of aromatic nitrogens is 1. The van der Waals surface area contributed by atoms with Gasteiger partial charge >= 0.3 is 0 Å². The van der Waals surface area contributed by atoms with E-state index in [1.54, 1.807) is 0 Å². The molecule has 110 valence electrons. The molecular weight excluding hydrogens is 256 g/mol. The topological polar surface area (TPSA) is 16.1 Å². The van der Waals surface area contributed by atoms with Gasteiger partial charge in [0.05, 0.1) is 0 Å². The molecule has 1 aromatic heterocycles. The van der Waals surface area contributed by atoms with Crippen molar-refractivity contribution >= 4 is 5.82 Å². The molecule has 21 heavy (non-hydrogen) atoms. The van der Waals surface area contributed by atoms with Gasteiger partial charge in [-0.2, -0.15) is 0 Å². The van der Waals surface area contributed by atoms with Gasteiger partial charge in [-0.05, 0) is 48.4 Å². The summed E-state index contributed by atoms with van der Waals surface area (Å²) in [5, 5.41) is 0. The molecule has 3 rings (SSSR count). The molecule has 2 heteroatoms. The van der Waals surface area contributed by atoms with Crippen LogP contribution in [-0.4, -0.2) is 18.1 Å². The molecule has 0 N–H and O–H groups in total. The van der Waals surface area contributed by atoms with Crippen LogP contribution >= 0.6 is 0 Å². The first kappa shape index (κ1) is 14.1.